The number of hydrogen-bond acceptors (Lipinski definition) is 4. The molecule has 0 radical (unpaired) electrons. The largest absolute Gasteiger partial charge is 0.496 e. The zero-order valence-electron chi connectivity index (χ0n) is 14.2. The van der Waals surface area contributed by atoms with Gasteiger partial charge in [-0.05, 0) is 42.7 Å². The second kappa shape index (κ2) is 7.79. The quantitative estimate of drug-likeness (QED) is 0.844. The molecule has 0 bridgehead atoms. The molecule has 1 aliphatic rings. The first-order valence-corrected chi connectivity index (χ1v) is 9.28. The minimum absolute atomic E-state index is 0.195. The van der Waals surface area contributed by atoms with Crippen molar-refractivity contribution in [1.82, 2.24) is 4.90 Å². The van der Waals surface area contributed by atoms with Crippen molar-refractivity contribution in [3.05, 3.63) is 53.5 Å². The fourth-order valence-corrected chi connectivity index (χ4v) is 4.24. The summed E-state index contributed by atoms with van der Waals surface area (Å²) in [7, 11) is 1.66. The van der Waals surface area contributed by atoms with Crippen LogP contribution in [0.25, 0.3) is 0 Å². The molecule has 4 nitrogen and oxygen atoms in total. The Labute approximate surface area is 147 Å². The topological polar surface area (TPSA) is 42.7 Å². The number of carbonyl (C=O) groups is 1. The summed E-state index contributed by atoms with van der Waals surface area (Å²) in [4.78, 5) is 14.6. The lowest BCUT2D eigenvalue weighted by Gasteiger charge is -2.20. The van der Waals surface area contributed by atoms with Gasteiger partial charge in [0.15, 0.2) is 0 Å². The molecule has 0 saturated carbocycles. The van der Waals surface area contributed by atoms with Gasteiger partial charge in [-0.3, -0.25) is 4.79 Å². The number of thioether (sulfide) groups is 1. The summed E-state index contributed by atoms with van der Waals surface area (Å²) >= 11 is 1.87. The molecule has 0 N–H and O–H groups in total. The standard InChI is InChI=1S/C19H23NO3S/c1-14-12-15(5-6-16(14)22-2)13-19(21)20-8-7-18(24-11-9-20)17-4-3-10-23-17/h3-6,10,12,18H,7-9,11,13H2,1-2H3. The van der Waals surface area contributed by atoms with Gasteiger partial charge in [-0.25, -0.2) is 0 Å². The van der Waals surface area contributed by atoms with Crippen LogP contribution in [0.5, 0.6) is 5.75 Å². The number of furan rings is 1. The summed E-state index contributed by atoms with van der Waals surface area (Å²) in [5.74, 6) is 3.01. The maximum atomic E-state index is 12.6. The van der Waals surface area contributed by atoms with Crippen LogP contribution in [0.4, 0.5) is 0 Å². The van der Waals surface area contributed by atoms with Crippen molar-refractivity contribution in [2.75, 3.05) is 26.0 Å². The van der Waals surface area contributed by atoms with Gasteiger partial charge in [0.2, 0.25) is 5.91 Å². The smallest absolute Gasteiger partial charge is 0.227 e. The zero-order chi connectivity index (χ0) is 16.9. The molecule has 0 spiro atoms. The van der Waals surface area contributed by atoms with Crippen molar-refractivity contribution in [1.29, 1.82) is 0 Å². The predicted octanol–water partition coefficient (Wildman–Crippen LogP) is 3.85. The maximum Gasteiger partial charge on any atom is 0.227 e. The highest BCUT2D eigenvalue weighted by Gasteiger charge is 2.23. The summed E-state index contributed by atoms with van der Waals surface area (Å²) in [5, 5.41) is 0.348. The molecule has 1 fully saturated rings. The molecule has 3 rings (SSSR count). The summed E-state index contributed by atoms with van der Waals surface area (Å²) in [5.41, 5.74) is 2.10. The van der Waals surface area contributed by atoms with Crippen LogP contribution in [-0.2, 0) is 11.2 Å². The number of methoxy groups -OCH3 is 1. The third kappa shape index (κ3) is 3.96. The molecule has 2 heterocycles. The molecule has 5 heteroatoms. The van der Waals surface area contributed by atoms with Crippen LogP contribution in [0.2, 0.25) is 0 Å². The van der Waals surface area contributed by atoms with Gasteiger partial charge in [0.25, 0.3) is 0 Å². The van der Waals surface area contributed by atoms with Crippen LogP contribution in [0.15, 0.2) is 41.0 Å². The highest BCUT2D eigenvalue weighted by molar-refractivity contribution is 7.99. The minimum Gasteiger partial charge on any atom is -0.496 e. The molecule has 128 valence electrons. The lowest BCUT2D eigenvalue weighted by atomic mass is 10.1. The number of benzene rings is 1. The van der Waals surface area contributed by atoms with E-state index in [1.165, 1.54) is 0 Å². The first-order chi connectivity index (χ1) is 11.7. The Morgan fingerprint density at radius 2 is 2.25 bits per heavy atom. The molecule has 2 aromatic rings. The number of carbonyl (C=O) groups excluding carboxylic acids is 1. The Kier molecular flexibility index (Phi) is 5.51. The highest BCUT2D eigenvalue weighted by atomic mass is 32.2. The van der Waals surface area contributed by atoms with Crippen LogP contribution in [-0.4, -0.2) is 36.8 Å². The average molecular weight is 345 g/mol. The number of aryl methyl sites for hydroxylation is 1. The average Bonchev–Trinajstić information content (AvgIpc) is 2.99. The molecule has 1 aliphatic heterocycles. The highest BCUT2D eigenvalue weighted by Crippen LogP contribution is 2.34. The number of amides is 1. The van der Waals surface area contributed by atoms with Crippen LogP contribution in [0, 0.1) is 6.92 Å². The van der Waals surface area contributed by atoms with Crippen LogP contribution in [0.1, 0.15) is 28.6 Å². The van der Waals surface area contributed by atoms with Gasteiger partial charge in [-0.15, -0.1) is 11.8 Å². The zero-order valence-corrected chi connectivity index (χ0v) is 15.0. The second-order valence-corrected chi connectivity index (χ2v) is 7.34. The molecular formula is C19H23NO3S. The molecule has 1 saturated heterocycles. The van der Waals surface area contributed by atoms with E-state index in [0.717, 1.165) is 47.9 Å². The molecule has 1 unspecified atom stereocenters. The minimum atomic E-state index is 0.195. The van der Waals surface area contributed by atoms with Gasteiger partial charge < -0.3 is 14.1 Å². The number of ether oxygens (including phenoxy) is 1. The van der Waals surface area contributed by atoms with Crippen molar-refractivity contribution in [3.8, 4) is 5.75 Å². The lowest BCUT2D eigenvalue weighted by molar-refractivity contribution is -0.130. The molecule has 1 amide bonds. The van der Waals surface area contributed by atoms with Gasteiger partial charge in [0.1, 0.15) is 11.5 Å². The Hall–Kier alpha value is -1.88. The van der Waals surface area contributed by atoms with Gasteiger partial charge in [0, 0.05) is 18.8 Å². The maximum absolute atomic E-state index is 12.6. The summed E-state index contributed by atoms with van der Waals surface area (Å²) in [6, 6.07) is 9.89. The molecular weight excluding hydrogens is 322 g/mol. The van der Waals surface area contributed by atoms with Crippen molar-refractivity contribution < 1.29 is 13.9 Å². The predicted molar refractivity (Wildman–Crippen MR) is 96.5 cm³/mol. The Bertz CT molecular complexity index is 684. The van der Waals surface area contributed by atoms with E-state index in [9.17, 15) is 4.79 Å². The molecule has 24 heavy (non-hydrogen) atoms. The Balaban J connectivity index is 1.60. The fourth-order valence-electron chi connectivity index (χ4n) is 3.06. The van der Waals surface area contributed by atoms with Gasteiger partial charge in [-0.1, -0.05) is 12.1 Å². The van der Waals surface area contributed by atoms with Gasteiger partial charge >= 0.3 is 0 Å². The van der Waals surface area contributed by atoms with Crippen LogP contribution < -0.4 is 4.74 Å². The third-order valence-corrected chi connectivity index (χ3v) is 5.66. The number of rotatable bonds is 4. The van der Waals surface area contributed by atoms with Gasteiger partial charge in [-0.2, -0.15) is 0 Å². The number of hydrogen-bond donors (Lipinski definition) is 0. The van der Waals surface area contributed by atoms with E-state index in [1.54, 1.807) is 13.4 Å². The third-order valence-electron chi connectivity index (χ3n) is 4.37. The first kappa shape index (κ1) is 17.0. The first-order valence-electron chi connectivity index (χ1n) is 8.23. The summed E-state index contributed by atoms with van der Waals surface area (Å²) < 4.78 is 10.8. The summed E-state index contributed by atoms with van der Waals surface area (Å²) in [6.07, 6.45) is 3.10. The normalized spacial score (nSPS) is 18.2. The Morgan fingerprint density at radius 1 is 1.38 bits per heavy atom. The van der Waals surface area contributed by atoms with E-state index in [-0.39, 0.29) is 5.91 Å². The Morgan fingerprint density at radius 3 is 2.96 bits per heavy atom. The van der Waals surface area contributed by atoms with E-state index in [2.05, 4.69) is 0 Å². The van der Waals surface area contributed by atoms with Crippen LogP contribution >= 0.6 is 11.8 Å². The van der Waals surface area contributed by atoms with Crippen LogP contribution in [0.3, 0.4) is 0 Å². The van der Waals surface area contributed by atoms with E-state index in [0.29, 0.717) is 11.7 Å². The van der Waals surface area contributed by atoms with Crippen molar-refractivity contribution in [3.63, 3.8) is 0 Å². The number of nitrogens with zero attached hydrogens (tertiary/aromatic N) is 1. The lowest BCUT2D eigenvalue weighted by Crippen LogP contribution is -2.34. The van der Waals surface area contributed by atoms with E-state index >= 15 is 0 Å². The van der Waals surface area contributed by atoms with E-state index in [4.69, 9.17) is 9.15 Å². The van der Waals surface area contributed by atoms with Crippen molar-refractivity contribution >= 4 is 17.7 Å². The monoisotopic (exact) mass is 345 g/mol. The second-order valence-electron chi connectivity index (χ2n) is 6.03. The fraction of sp³-hybridized carbons (Fsp3) is 0.421. The summed E-state index contributed by atoms with van der Waals surface area (Å²) in [6.45, 7) is 3.59. The molecule has 1 aromatic carbocycles. The van der Waals surface area contributed by atoms with Crippen molar-refractivity contribution in [2.24, 2.45) is 0 Å². The molecule has 1 aromatic heterocycles. The van der Waals surface area contributed by atoms with E-state index < -0.39 is 0 Å². The SMILES string of the molecule is COc1ccc(CC(=O)N2CCSC(c3ccco3)CC2)cc1C. The van der Waals surface area contributed by atoms with Gasteiger partial charge in [0.05, 0.1) is 25.0 Å². The molecule has 1 atom stereocenters. The van der Waals surface area contributed by atoms with E-state index in [1.807, 2.05) is 53.9 Å². The molecule has 0 aliphatic carbocycles. The van der Waals surface area contributed by atoms with Crippen molar-refractivity contribution in [2.45, 2.75) is 25.0 Å².